The van der Waals surface area contributed by atoms with Crippen LogP contribution in [-0.4, -0.2) is 22.4 Å². The Balaban J connectivity index is 2.22. The van der Waals surface area contributed by atoms with Crippen molar-refractivity contribution in [2.24, 2.45) is 16.2 Å². The second kappa shape index (κ2) is 3.96. The lowest BCUT2D eigenvalue weighted by atomic mass is 9.53. The van der Waals surface area contributed by atoms with Crippen LogP contribution in [0.1, 0.15) is 66.2 Å². The van der Waals surface area contributed by atoms with Gasteiger partial charge in [0.15, 0.2) is 0 Å². The van der Waals surface area contributed by atoms with Gasteiger partial charge in [0.2, 0.25) is 0 Å². The van der Waals surface area contributed by atoms with Crippen LogP contribution < -0.4 is 0 Å². The number of hydrogen-bond acceptors (Lipinski definition) is 2. The molecular weight excluding hydrogens is 212 g/mol. The van der Waals surface area contributed by atoms with Crippen molar-refractivity contribution in [3.8, 4) is 0 Å². The molecule has 0 bridgehead atoms. The van der Waals surface area contributed by atoms with Gasteiger partial charge in [0.05, 0.1) is 12.2 Å². The summed E-state index contributed by atoms with van der Waals surface area (Å²) in [5.74, 6) is 0. The molecule has 0 saturated heterocycles. The molecule has 1 spiro atoms. The molecule has 2 fully saturated rings. The van der Waals surface area contributed by atoms with Gasteiger partial charge in [0.25, 0.3) is 0 Å². The van der Waals surface area contributed by atoms with Gasteiger partial charge in [-0.2, -0.15) is 0 Å². The van der Waals surface area contributed by atoms with Crippen LogP contribution >= 0.6 is 0 Å². The topological polar surface area (TPSA) is 40.5 Å². The summed E-state index contributed by atoms with van der Waals surface area (Å²) in [6.45, 7) is 9.02. The fourth-order valence-electron chi connectivity index (χ4n) is 5.03. The van der Waals surface area contributed by atoms with Gasteiger partial charge >= 0.3 is 0 Å². The van der Waals surface area contributed by atoms with Gasteiger partial charge in [0, 0.05) is 0 Å². The van der Waals surface area contributed by atoms with Gasteiger partial charge in [-0.25, -0.2) is 0 Å². The first kappa shape index (κ1) is 13.4. The van der Waals surface area contributed by atoms with Gasteiger partial charge in [-0.05, 0) is 54.8 Å². The van der Waals surface area contributed by atoms with E-state index >= 15 is 0 Å². The highest BCUT2D eigenvalue weighted by Crippen LogP contribution is 2.57. The van der Waals surface area contributed by atoms with E-state index in [1.165, 1.54) is 0 Å². The van der Waals surface area contributed by atoms with E-state index in [1.54, 1.807) is 0 Å². The predicted molar refractivity (Wildman–Crippen MR) is 69.7 cm³/mol. The Morgan fingerprint density at radius 3 is 1.35 bits per heavy atom. The van der Waals surface area contributed by atoms with E-state index in [2.05, 4.69) is 27.7 Å². The van der Waals surface area contributed by atoms with Crippen LogP contribution in [0.15, 0.2) is 0 Å². The van der Waals surface area contributed by atoms with Crippen LogP contribution in [0.2, 0.25) is 0 Å². The monoisotopic (exact) mass is 240 g/mol. The average Bonchev–Trinajstić information content (AvgIpc) is 1.90. The van der Waals surface area contributed by atoms with Gasteiger partial charge in [0.1, 0.15) is 0 Å². The number of aliphatic hydroxyl groups excluding tert-OH is 2. The second-order valence-electron chi connectivity index (χ2n) is 8.31. The molecule has 0 aliphatic heterocycles. The molecule has 2 N–H and O–H groups in total. The maximum absolute atomic E-state index is 10.1. The minimum absolute atomic E-state index is 0.169. The highest BCUT2D eigenvalue weighted by Gasteiger charge is 2.49. The van der Waals surface area contributed by atoms with Gasteiger partial charge in [-0.3, -0.25) is 0 Å². The fraction of sp³-hybridized carbons (Fsp3) is 1.00. The van der Waals surface area contributed by atoms with Crippen LogP contribution in [0.4, 0.5) is 0 Å². The molecule has 0 radical (unpaired) electrons. The molecule has 0 unspecified atom stereocenters. The standard InChI is InChI=1S/C15H28O2/c1-13(2)5-11(16)7-15(9-13)8-12(17)6-14(3,4)10-15/h11-12,16-17H,5-10H2,1-4H3/t11-,12-,15?/m0/s1. The van der Waals surface area contributed by atoms with E-state index in [9.17, 15) is 10.2 Å². The molecule has 17 heavy (non-hydrogen) atoms. The van der Waals surface area contributed by atoms with Crippen LogP contribution in [-0.2, 0) is 0 Å². The predicted octanol–water partition coefficient (Wildman–Crippen LogP) is 3.11. The van der Waals surface area contributed by atoms with Crippen molar-refractivity contribution in [1.29, 1.82) is 0 Å². The molecular formula is C15H28O2. The number of hydrogen-bond donors (Lipinski definition) is 2. The first-order valence-electron chi connectivity index (χ1n) is 6.98. The molecule has 2 aliphatic rings. The Morgan fingerprint density at radius 1 is 0.706 bits per heavy atom. The zero-order valence-corrected chi connectivity index (χ0v) is 11.8. The summed E-state index contributed by atoms with van der Waals surface area (Å²) in [4.78, 5) is 0. The zero-order chi connectivity index (χ0) is 12.9. The van der Waals surface area contributed by atoms with Gasteiger partial charge in [-0.1, -0.05) is 27.7 Å². The third kappa shape index (κ3) is 3.03. The normalized spacial score (nSPS) is 44.8. The van der Waals surface area contributed by atoms with Crippen molar-refractivity contribution in [1.82, 2.24) is 0 Å². The molecule has 0 aromatic rings. The Kier molecular flexibility index (Phi) is 3.11. The van der Waals surface area contributed by atoms with E-state index in [0.29, 0.717) is 0 Å². The smallest absolute Gasteiger partial charge is 0.0550 e. The summed E-state index contributed by atoms with van der Waals surface area (Å²) in [6.07, 6.45) is 5.53. The molecule has 0 aromatic carbocycles. The summed E-state index contributed by atoms with van der Waals surface area (Å²) < 4.78 is 0. The highest BCUT2D eigenvalue weighted by molar-refractivity contribution is 5.00. The minimum atomic E-state index is -0.181. The lowest BCUT2D eigenvalue weighted by Crippen LogP contribution is -2.47. The van der Waals surface area contributed by atoms with Crippen molar-refractivity contribution < 1.29 is 10.2 Å². The summed E-state index contributed by atoms with van der Waals surface area (Å²) in [6, 6.07) is 0. The van der Waals surface area contributed by atoms with E-state index < -0.39 is 0 Å². The van der Waals surface area contributed by atoms with Gasteiger partial charge < -0.3 is 10.2 Å². The van der Waals surface area contributed by atoms with Crippen LogP contribution in [0.5, 0.6) is 0 Å². The Bertz CT molecular complexity index is 263. The van der Waals surface area contributed by atoms with Crippen molar-refractivity contribution in [2.75, 3.05) is 0 Å². The van der Waals surface area contributed by atoms with Crippen molar-refractivity contribution in [3.63, 3.8) is 0 Å². The first-order chi connectivity index (χ1) is 7.62. The van der Waals surface area contributed by atoms with E-state index in [0.717, 1.165) is 38.5 Å². The number of rotatable bonds is 0. The van der Waals surface area contributed by atoms with Crippen molar-refractivity contribution >= 4 is 0 Å². The molecule has 0 aromatic heterocycles. The molecule has 0 heterocycles. The van der Waals surface area contributed by atoms with E-state index in [1.807, 2.05) is 0 Å². The first-order valence-corrected chi connectivity index (χ1v) is 6.98. The van der Waals surface area contributed by atoms with Crippen molar-refractivity contribution in [3.05, 3.63) is 0 Å². The lowest BCUT2D eigenvalue weighted by molar-refractivity contribution is -0.0946. The van der Waals surface area contributed by atoms with Crippen LogP contribution in [0, 0.1) is 16.2 Å². The van der Waals surface area contributed by atoms with Gasteiger partial charge in [-0.15, -0.1) is 0 Å². The molecule has 0 amide bonds. The molecule has 2 aliphatic carbocycles. The second-order valence-corrected chi connectivity index (χ2v) is 8.31. The quantitative estimate of drug-likeness (QED) is 0.683. The summed E-state index contributed by atoms with van der Waals surface area (Å²) in [7, 11) is 0. The molecule has 2 nitrogen and oxygen atoms in total. The zero-order valence-electron chi connectivity index (χ0n) is 11.8. The van der Waals surface area contributed by atoms with Crippen LogP contribution in [0.25, 0.3) is 0 Å². The molecule has 100 valence electrons. The molecule has 2 saturated carbocycles. The third-order valence-corrected chi connectivity index (χ3v) is 4.62. The maximum Gasteiger partial charge on any atom is 0.0550 e. The molecule has 2 heteroatoms. The third-order valence-electron chi connectivity index (χ3n) is 4.62. The Hall–Kier alpha value is -0.0800. The maximum atomic E-state index is 10.1. The summed E-state index contributed by atoms with van der Waals surface area (Å²) in [5.41, 5.74) is 0.595. The van der Waals surface area contributed by atoms with Crippen LogP contribution in [0.3, 0.4) is 0 Å². The minimum Gasteiger partial charge on any atom is -0.393 e. The lowest BCUT2D eigenvalue weighted by Gasteiger charge is -2.54. The average molecular weight is 240 g/mol. The number of aliphatic hydroxyl groups is 2. The SMILES string of the molecule is CC1(C)C[C@H](O)CC2(C[C@@H](O)CC(C)(C)C2)C1. The Labute approximate surface area is 105 Å². The largest absolute Gasteiger partial charge is 0.393 e. The van der Waals surface area contributed by atoms with Crippen molar-refractivity contribution in [2.45, 2.75) is 78.4 Å². The fourth-order valence-corrected chi connectivity index (χ4v) is 5.03. The highest BCUT2D eigenvalue weighted by atomic mass is 16.3. The molecule has 2 atom stereocenters. The molecule has 2 rings (SSSR count). The Morgan fingerprint density at radius 2 is 1.06 bits per heavy atom. The van der Waals surface area contributed by atoms with E-state index in [4.69, 9.17) is 0 Å². The summed E-state index contributed by atoms with van der Waals surface area (Å²) in [5, 5.41) is 20.3. The van der Waals surface area contributed by atoms with E-state index in [-0.39, 0.29) is 28.5 Å². The summed E-state index contributed by atoms with van der Waals surface area (Å²) >= 11 is 0.